The van der Waals surface area contributed by atoms with Crippen LogP contribution in [0.15, 0.2) is 66.1 Å². The van der Waals surface area contributed by atoms with Crippen LogP contribution in [0.25, 0.3) is 5.69 Å². The van der Waals surface area contributed by atoms with E-state index in [9.17, 15) is 9.18 Å². The van der Waals surface area contributed by atoms with Gasteiger partial charge in [-0.1, -0.05) is 23.4 Å². The number of halogens is 1. The van der Waals surface area contributed by atoms with Crippen molar-refractivity contribution in [2.75, 3.05) is 5.32 Å². The molecule has 1 atom stereocenters. The first-order valence-corrected chi connectivity index (χ1v) is 8.67. The Morgan fingerprint density at radius 1 is 1.30 bits per heavy atom. The first-order chi connectivity index (χ1) is 13.1. The molecule has 1 aromatic heterocycles. The number of carbonyl (C=O) groups is 1. The van der Waals surface area contributed by atoms with Crippen LogP contribution in [-0.2, 0) is 9.63 Å². The molecule has 27 heavy (non-hydrogen) atoms. The standard InChI is InChI=1S/C19H15FN4O2S/c20-13-4-1-3-12(9-13)16-11-17(26-23-16)18(25)22-14-5-2-6-15(10-14)24-8-7-21-19(24)27/h1-10,17H,11H2,(H,21,27)(H,22,25)/t17-/m1/s1. The van der Waals surface area contributed by atoms with Crippen molar-refractivity contribution < 1.29 is 14.0 Å². The zero-order valence-electron chi connectivity index (χ0n) is 14.1. The Balaban J connectivity index is 1.45. The maximum absolute atomic E-state index is 13.4. The highest BCUT2D eigenvalue weighted by molar-refractivity contribution is 7.71. The maximum atomic E-state index is 13.4. The third kappa shape index (κ3) is 3.65. The van der Waals surface area contributed by atoms with Gasteiger partial charge in [0.25, 0.3) is 5.91 Å². The van der Waals surface area contributed by atoms with Crippen molar-refractivity contribution in [1.29, 1.82) is 0 Å². The van der Waals surface area contributed by atoms with Crippen molar-refractivity contribution in [3.05, 3.63) is 77.1 Å². The summed E-state index contributed by atoms with van der Waals surface area (Å²) in [5.41, 5.74) is 2.59. The second kappa shape index (κ2) is 7.16. The van der Waals surface area contributed by atoms with Crippen molar-refractivity contribution in [1.82, 2.24) is 9.55 Å². The quantitative estimate of drug-likeness (QED) is 0.674. The molecule has 0 radical (unpaired) electrons. The molecule has 3 aromatic rings. The molecule has 0 spiro atoms. The highest BCUT2D eigenvalue weighted by Crippen LogP contribution is 2.20. The van der Waals surface area contributed by atoms with Gasteiger partial charge in [0.15, 0.2) is 4.77 Å². The van der Waals surface area contributed by atoms with Gasteiger partial charge in [0.05, 0.1) is 5.71 Å². The summed E-state index contributed by atoms with van der Waals surface area (Å²) in [6, 6.07) is 13.3. The van der Waals surface area contributed by atoms with Crippen LogP contribution in [-0.4, -0.2) is 27.3 Å². The van der Waals surface area contributed by atoms with E-state index in [4.69, 9.17) is 17.1 Å². The van der Waals surface area contributed by atoms with E-state index in [0.29, 0.717) is 21.7 Å². The Hall–Kier alpha value is -3.26. The average Bonchev–Trinajstić information content (AvgIpc) is 3.31. The predicted octanol–water partition coefficient (Wildman–Crippen LogP) is 3.81. The first-order valence-electron chi connectivity index (χ1n) is 8.26. The molecule has 0 fully saturated rings. The molecule has 0 bridgehead atoms. The van der Waals surface area contributed by atoms with Crippen LogP contribution in [0.3, 0.4) is 0 Å². The van der Waals surface area contributed by atoms with E-state index in [1.165, 1.54) is 12.1 Å². The second-order valence-corrected chi connectivity index (χ2v) is 6.41. The molecule has 2 N–H and O–H groups in total. The van der Waals surface area contributed by atoms with E-state index in [2.05, 4.69) is 15.5 Å². The van der Waals surface area contributed by atoms with Gasteiger partial charge in [0, 0.05) is 35.8 Å². The zero-order valence-corrected chi connectivity index (χ0v) is 14.9. The number of oxime groups is 1. The minimum Gasteiger partial charge on any atom is -0.382 e. The van der Waals surface area contributed by atoms with Gasteiger partial charge in [-0.25, -0.2) is 4.39 Å². The molecule has 2 heterocycles. The molecule has 1 aliphatic heterocycles. The van der Waals surface area contributed by atoms with Crippen LogP contribution in [0.2, 0.25) is 0 Å². The Morgan fingerprint density at radius 2 is 2.15 bits per heavy atom. The number of benzene rings is 2. The van der Waals surface area contributed by atoms with Gasteiger partial charge in [-0.15, -0.1) is 0 Å². The zero-order chi connectivity index (χ0) is 18.8. The lowest BCUT2D eigenvalue weighted by Crippen LogP contribution is -2.28. The summed E-state index contributed by atoms with van der Waals surface area (Å²) < 4.78 is 15.7. The number of rotatable bonds is 4. The predicted molar refractivity (Wildman–Crippen MR) is 102 cm³/mol. The van der Waals surface area contributed by atoms with E-state index < -0.39 is 6.10 Å². The maximum Gasteiger partial charge on any atom is 0.268 e. The topological polar surface area (TPSA) is 71.4 Å². The van der Waals surface area contributed by atoms with Crippen molar-refractivity contribution in [3.63, 3.8) is 0 Å². The molecule has 0 saturated carbocycles. The molecular formula is C19H15FN4O2S. The van der Waals surface area contributed by atoms with Gasteiger partial charge in [-0.3, -0.25) is 9.36 Å². The fourth-order valence-electron chi connectivity index (χ4n) is 2.84. The second-order valence-electron chi connectivity index (χ2n) is 6.02. The number of H-pyrrole nitrogens is 1. The van der Waals surface area contributed by atoms with Crippen LogP contribution in [0, 0.1) is 10.6 Å². The third-order valence-corrected chi connectivity index (χ3v) is 4.47. The summed E-state index contributed by atoms with van der Waals surface area (Å²) in [6.07, 6.45) is 3.06. The lowest BCUT2D eigenvalue weighted by Gasteiger charge is -2.11. The Morgan fingerprint density at radius 3 is 2.93 bits per heavy atom. The van der Waals surface area contributed by atoms with E-state index in [0.717, 1.165) is 5.69 Å². The summed E-state index contributed by atoms with van der Waals surface area (Å²) in [5.74, 6) is -0.678. The van der Waals surface area contributed by atoms with Crippen LogP contribution in [0.1, 0.15) is 12.0 Å². The number of amides is 1. The SMILES string of the molecule is O=C(Nc1cccc(-n2cc[nH]c2=S)c1)[C@H]1CC(c2cccc(F)c2)=NO1. The number of imidazole rings is 1. The van der Waals surface area contributed by atoms with Crippen molar-refractivity contribution >= 4 is 29.5 Å². The summed E-state index contributed by atoms with van der Waals surface area (Å²) in [5, 5.41) is 6.75. The minimum absolute atomic E-state index is 0.276. The first kappa shape index (κ1) is 17.2. The molecule has 8 heteroatoms. The largest absolute Gasteiger partial charge is 0.382 e. The van der Waals surface area contributed by atoms with Crippen molar-refractivity contribution in [3.8, 4) is 5.69 Å². The molecule has 0 aliphatic carbocycles. The van der Waals surface area contributed by atoms with Crippen LogP contribution >= 0.6 is 12.2 Å². The Kier molecular flexibility index (Phi) is 4.55. The Labute approximate surface area is 159 Å². The molecule has 1 aliphatic rings. The van der Waals surface area contributed by atoms with Gasteiger partial charge in [-0.05, 0) is 42.5 Å². The highest BCUT2D eigenvalue weighted by Gasteiger charge is 2.29. The van der Waals surface area contributed by atoms with Gasteiger partial charge < -0.3 is 15.1 Å². The summed E-state index contributed by atoms with van der Waals surface area (Å²) in [7, 11) is 0. The fourth-order valence-corrected chi connectivity index (χ4v) is 3.07. The van der Waals surface area contributed by atoms with Crippen LogP contribution in [0.5, 0.6) is 0 Å². The normalized spacial score (nSPS) is 15.9. The fraction of sp³-hybridized carbons (Fsp3) is 0.105. The number of carbonyl (C=O) groups excluding carboxylic acids is 1. The van der Waals surface area contributed by atoms with E-state index in [-0.39, 0.29) is 18.1 Å². The number of anilines is 1. The number of nitrogens with zero attached hydrogens (tertiary/aromatic N) is 2. The number of hydrogen-bond acceptors (Lipinski definition) is 4. The van der Waals surface area contributed by atoms with Crippen LogP contribution in [0.4, 0.5) is 10.1 Å². The lowest BCUT2D eigenvalue weighted by atomic mass is 10.0. The van der Waals surface area contributed by atoms with Gasteiger partial charge >= 0.3 is 0 Å². The number of nitrogens with one attached hydrogen (secondary N) is 2. The average molecular weight is 382 g/mol. The summed E-state index contributed by atoms with van der Waals surface area (Å²) >= 11 is 5.21. The minimum atomic E-state index is -0.763. The van der Waals surface area contributed by atoms with Gasteiger partial charge in [-0.2, -0.15) is 0 Å². The molecule has 6 nitrogen and oxygen atoms in total. The summed E-state index contributed by atoms with van der Waals surface area (Å²) in [6.45, 7) is 0. The Bertz CT molecular complexity index is 1090. The van der Waals surface area contributed by atoms with Crippen molar-refractivity contribution in [2.45, 2.75) is 12.5 Å². The molecule has 1 amide bonds. The van der Waals surface area contributed by atoms with Gasteiger partial charge in [0.2, 0.25) is 6.10 Å². The lowest BCUT2D eigenvalue weighted by molar-refractivity contribution is -0.125. The molecule has 2 aromatic carbocycles. The molecular weight excluding hydrogens is 367 g/mol. The van der Waals surface area contributed by atoms with Crippen LogP contribution < -0.4 is 5.32 Å². The number of aromatic nitrogens is 2. The van der Waals surface area contributed by atoms with Crippen molar-refractivity contribution in [2.24, 2.45) is 5.16 Å². The monoisotopic (exact) mass is 382 g/mol. The van der Waals surface area contributed by atoms with E-state index >= 15 is 0 Å². The molecule has 0 saturated heterocycles. The number of aromatic amines is 1. The molecule has 0 unspecified atom stereocenters. The highest BCUT2D eigenvalue weighted by atomic mass is 32.1. The van der Waals surface area contributed by atoms with E-state index in [1.54, 1.807) is 29.0 Å². The van der Waals surface area contributed by atoms with Gasteiger partial charge in [0.1, 0.15) is 5.82 Å². The summed E-state index contributed by atoms with van der Waals surface area (Å²) in [4.78, 5) is 20.7. The molecule has 136 valence electrons. The van der Waals surface area contributed by atoms with E-state index in [1.807, 2.05) is 24.4 Å². The smallest absolute Gasteiger partial charge is 0.268 e. The molecule has 4 rings (SSSR count). The third-order valence-electron chi connectivity index (χ3n) is 4.16. The number of hydrogen-bond donors (Lipinski definition) is 2.